The van der Waals surface area contributed by atoms with Crippen LogP contribution in [-0.4, -0.2) is 41.4 Å². The second-order valence-corrected chi connectivity index (χ2v) is 7.50. The van der Waals surface area contributed by atoms with Crippen LogP contribution in [-0.2, 0) is 11.3 Å². The minimum Gasteiger partial charge on any atom is -0.493 e. The minimum atomic E-state index is -0.0630. The summed E-state index contributed by atoms with van der Waals surface area (Å²) in [4.78, 5) is 30.7. The zero-order valence-corrected chi connectivity index (χ0v) is 16.6. The highest BCUT2D eigenvalue weighted by Gasteiger charge is 2.28. The van der Waals surface area contributed by atoms with Crippen molar-refractivity contribution in [3.63, 3.8) is 0 Å². The molecule has 1 aliphatic rings. The SMILES string of the molecule is CCOc1ccccc1C(=O)N1CCCC(c2nc(CNC(C)=O)cs2)C1. The smallest absolute Gasteiger partial charge is 0.257 e. The Morgan fingerprint density at radius 3 is 2.96 bits per heavy atom. The molecule has 1 aliphatic heterocycles. The van der Waals surface area contributed by atoms with Gasteiger partial charge in [-0.1, -0.05) is 12.1 Å². The van der Waals surface area contributed by atoms with Crippen molar-refractivity contribution in [2.45, 2.75) is 39.2 Å². The third-order valence-electron chi connectivity index (χ3n) is 4.56. The molecule has 6 nitrogen and oxygen atoms in total. The first kappa shape index (κ1) is 19.4. The second kappa shape index (κ2) is 8.99. The summed E-state index contributed by atoms with van der Waals surface area (Å²) in [6.07, 6.45) is 1.97. The van der Waals surface area contributed by atoms with E-state index < -0.39 is 0 Å². The number of hydrogen-bond acceptors (Lipinski definition) is 5. The van der Waals surface area contributed by atoms with Crippen LogP contribution in [0.2, 0.25) is 0 Å². The summed E-state index contributed by atoms with van der Waals surface area (Å²) < 4.78 is 5.62. The number of rotatable bonds is 6. The van der Waals surface area contributed by atoms with Gasteiger partial charge in [-0.15, -0.1) is 11.3 Å². The molecule has 0 spiro atoms. The van der Waals surface area contributed by atoms with Gasteiger partial charge in [0.15, 0.2) is 0 Å². The molecule has 0 radical (unpaired) electrons. The van der Waals surface area contributed by atoms with Crippen molar-refractivity contribution in [2.24, 2.45) is 0 Å². The third kappa shape index (κ3) is 4.86. The number of amides is 2. The quantitative estimate of drug-likeness (QED) is 0.826. The standard InChI is InChI=1S/C20H25N3O3S/c1-3-26-18-9-5-4-8-17(18)20(25)23-10-6-7-15(12-23)19-22-16(13-27-19)11-21-14(2)24/h4-5,8-9,13,15H,3,6-7,10-12H2,1-2H3,(H,21,24). The van der Waals surface area contributed by atoms with E-state index in [9.17, 15) is 9.59 Å². The number of nitrogens with zero attached hydrogens (tertiary/aromatic N) is 2. The molecule has 27 heavy (non-hydrogen) atoms. The number of aromatic nitrogens is 1. The van der Waals surface area contributed by atoms with E-state index in [2.05, 4.69) is 10.3 Å². The highest BCUT2D eigenvalue weighted by molar-refractivity contribution is 7.09. The van der Waals surface area contributed by atoms with Gasteiger partial charge in [0.05, 0.1) is 29.4 Å². The van der Waals surface area contributed by atoms with Crippen molar-refractivity contribution in [3.8, 4) is 5.75 Å². The summed E-state index contributed by atoms with van der Waals surface area (Å²) in [6, 6.07) is 7.42. The van der Waals surface area contributed by atoms with Crippen LogP contribution in [0.5, 0.6) is 5.75 Å². The fourth-order valence-electron chi connectivity index (χ4n) is 3.26. The predicted octanol–water partition coefficient (Wildman–Crippen LogP) is 3.20. The maximum absolute atomic E-state index is 13.0. The zero-order valence-electron chi connectivity index (χ0n) is 15.7. The molecule has 0 bridgehead atoms. The van der Waals surface area contributed by atoms with Gasteiger partial charge in [-0.05, 0) is 31.9 Å². The summed E-state index contributed by atoms with van der Waals surface area (Å²) in [6.45, 7) is 5.80. The Morgan fingerprint density at radius 1 is 1.37 bits per heavy atom. The molecule has 1 aromatic heterocycles. The molecule has 1 atom stereocenters. The lowest BCUT2D eigenvalue weighted by atomic mass is 9.98. The van der Waals surface area contributed by atoms with E-state index in [4.69, 9.17) is 4.74 Å². The Kier molecular flexibility index (Phi) is 6.45. The number of ether oxygens (including phenoxy) is 1. The first-order valence-electron chi connectivity index (χ1n) is 9.28. The molecular weight excluding hydrogens is 362 g/mol. The molecule has 0 aliphatic carbocycles. The number of para-hydroxylation sites is 1. The van der Waals surface area contributed by atoms with Gasteiger partial charge in [0.25, 0.3) is 5.91 Å². The molecule has 2 amide bonds. The lowest BCUT2D eigenvalue weighted by Gasteiger charge is -2.32. The van der Waals surface area contributed by atoms with E-state index in [0.29, 0.717) is 31.0 Å². The van der Waals surface area contributed by atoms with Gasteiger partial charge >= 0.3 is 0 Å². The van der Waals surface area contributed by atoms with E-state index in [1.165, 1.54) is 6.92 Å². The highest BCUT2D eigenvalue weighted by Crippen LogP contribution is 2.31. The number of nitrogens with one attached hydrogen (secondary N) is 1. The average Bonchev–Trinajstić information content (AvgIpc) is 3.16. The van der Waals surface area contributed by atoms with Crippen molar-refractivity contribution in [2.75, 3.05) is 19.7 Å². The van der Waals surface area contributed by atoms with E-state index in [-0.39, 0.29) is 17.7 Å². The number of likely N-dealkylation sites (tertiary alicyclic amines) is 1. The third-order valence-corrected chi connectivity index (χ3v) is 5.62. The number of carbonyl (C=O) groups excluding carboxylic acids is 2. The Bertz CT molecular complexity index is 805. The van der Waals surface area contributed by atoms with Gasteiger partial charge < -0.3 is 15.0 Å². The number of carbonyl (C=O) groups is 2. The maximum atomic E-state index is 13.0. The van der Waals surface area contributed by atoms with Crippen LogP contribution in [0.25, 0.3) is 0 Å². The molecule has 3 rings (SSSR count). The van der Waals surface area contributed by atoms with Crippen molar-refractivity contribution in [3.05, 3.63) is 45.9 Å². The lowest BCUT2D eigenvalue weighted by molar-refractivity contribution is -0.119. The topological polar surface area (TPSA) is 71.5 Å². The summed E-state index contributed by atoms with van der Waals surface area (Å²) in [5.74, 6) is 0.822. The van der Waals surface area contributed by atoms with Gasteiger partial charge in [-0.2, -0.15) is 0 Å². The van der Waals surface area contributed by atoms with E-state index in [1.807, 2.05) is 41.5 Å². The summed E-state index contributed by atoms with van der Waals surface area (Å²) in [5, 5.41) is 5.79. The van der Waals surface area contributed by atoms with Crippen LogP contribution >= 0.6 is 11.3 Å². The summed E-state index contributed by atoms with van der Waals surface area (Å²) in [7, 11) is 0. The Hall–Kier alpha value is -2.41. The fraction of sp³-hybridized carbons (Fsp3) is 0.450. The number of benzene rings is 1. The largest absolute Gasteiger partial charge is 0.493 e. The van der Waals surface area contributed by atoms with Crippen LogP contribution in [0.1, 0.15) is 53.7 Å². The first-order chi connectivity index (χ1) is 13.1. The maximum Gasteiger partial charge on any atom is 0.257 e. The normalized spacial score (nSPS) is 16.8. The molecule has 1 unspecified atom stereocenters. The van der Waals surface area contributed by atoms with Crippen molar-refractivity contribution < 1.29 is 14.3 Å². The predicted molar refractivity (Wildman–Crippen MR) is 105 cm³/mol. The van der Waals surface area contributed by atoms with Crippen LogP contribution in [0, 0.1) is 0 Å². The summed E-state index contributed by atoms with van der Waals surface area (Å²) in [5.41, 5.74) is 1.49. The number of piperidine rings is 1. The van der Waals surface area contributed by atoms with E-state index in [1.54, 1.807) is 11.3 Å². The number of hydrogen-bond donors (Lipinski definition) is 1. The lowest BCUT2D eigenvalue weighted by Crippen LogP contribution is -2.39. The van der Waals surface area contributed by atoms with Gasteiger partial charge in [-0.25, -0.2) is 4.98 Å². The first-order valence-corrected chi connectivity index (χ1v) is 10.2. The Morgan fingerprint density at radius 2 is 2.19 bits per heavy atom. The average molecular weight is 388 g/mol. The van der Waals surface area contributed by atoms with Crippen molar-refractivity contribution >= 4 is 23.2 Å². The Labute approximate surface area is 163 Å². The van der Waals surface area contributed by atoms with Crippen molar-refractivity contribution in [1.29, 1.82) is 0 Å². The van der Waals surface area contributed by atoms with Crippen LogP contribution in [0.15, 0.2) is 29.6 Å². The monoisotopic (exact) mass is 387 g/mol. The molecule has 2 heterocycles. The van der Waals surface area contributed by atoms with Gasteiger partial charge in [0.1, 0.15) is 5.75 Å². The van der Waals surface area contributed by atoms with Gasteiger partial charge in [0.2, 0.25) is 5.91 Å². The molecule has 0 saturated carbocycles. The van der Waals surface area contributed by atoms with Crippen LogP contribution in [0.4, 0.5) is 0 Å². The zero-order chi connectivity index (χ0) is 19.2. The van der Waals surface area contributed by atoms with E-state index in [0.717, 1.165) is 30.1 Å². The minimum absolute atomic E-state index is 0.0128. The molecule has 2 aromatic rings. The molecule has 7 heteroatoms. The molecule has 1 saturated heterocycles. The highest BCUT2D eigenvalue weighted by atomic mass is 32.1. The van der Waals surface area contributed by atoms with Crippen LogP contribution in [0.3, 0.4) is 0 Å². The van der Waals surface area contributed by atoms with Gasteiger partial charge in [-0.3, -0.25) is 9.59 Å². The van der Waals surface area contributed by atoms with Crippen molar-refractivity contribution in [1.82, 2.24) is 15.2 Å². The second-order valence-electron chi connectivity index (χ2n) is 6.61. The summed E-state index contributed by atoms with van der Waals surface area (Å²) >= 11 is 1.60. The molecule has 1 fully saturated rings. The molecule has 144 valence electrons. The van der Waals surface area contributed by atoms with Crippen LogP contribution < -0.4 is 10.1 Å². The fourth-order valence-corrected chi connectivity index (χ4v) is 4.21. The van der Waals surface area contributed by atoms with E-state index >= 15 is 0 Å². The Balaban J connectivity index is 1.69. The van der Waals surface area contributed by atoms with Gasteiger partial charge in [0, 0.05) is 31.3 Å². The molecular formula is C20H25N3O3S. The molecule has 1 N–H and O–H groups in total. The molecule has 1 aromatic carbocycles. The number of thiazole rings is 1.